The Morgan fingerprint density at radius 1 is 1.19 bits per heavy atom. The molecule has 0 radical (unpaired) electrons. The van der Waals surface area contributed by atoms with Crippen molar-refractivity contribution in [2.24, 2.45) is 0 Å². The van der Waals surface area contributed by atoms with Crippen LogP contribution in [-0.2, 0) is 16.1 Å². The Balaban J connectivity index is 1.74. The number of carbonyl (C=O) groups is 2. The molecule has 27 heavy (non-hydrogen) atoms. The lowest BCUT2D eigenvalue weighted by Crippen LogP contribution is -2.22. The van der Waals surface area contributed by atoms with Gasteiger partial charge in [-0.1, -0.05) is 12.1 Å². The minimum Gasteiger partial charge on any atom is -0.456 e. The van der Waals surface area contributed by atoms with Crippen LogP contribution in [0.25, 0.3) is 0 Å². The van der Waals surface area contributed by atoms with Gasteiger partial charge in [0.2, 0.25) is 5.91 Å². The van der Waals surface area contributed by atoms with Crippen LogP contribution >= 0.6 is 22.7 Å². The highest BCUT2D eigenvalue weighted by Gasteiger charge is 2.19. The first-order chi connectivity index (χ1) is 12.8. The number of rotatable bonds is 5. The van der Waals surface area contributed by atoms with Gasteiger partial charge in [-0.15, -0.1) is 22.7 Å². The average molecular weight is 401 g/mol. The summed E-state index contributed by atoms with van der Waals surface area (Å²) in [6.07, 6.45) is 0. The second kappa shape index (κ2) is 8.02. The van der Waals surface area contributed by atoms with Gasteiger partial charge >= 0.3 is 5.97 Å². The van der Waals surface area contributed by atoms with E-state index < -0.39 is 0 Å². The maximum Gasteiger partial charge on any atom is 0.339 e. The van der Waals surface area contributed by atoms with Gasteiger partial charge in [-0.3, -0.25) is 9.69 Å². The van der Waals surface area contributed by atoms with Gasteiger partial charge in [0.1, 0.15) is 6.61 Å². The first-order valence-electron chi connectivity index (χ1n) is 8.41. The van der Waals surface area contributed by atoms with Crippen molar-refractivity contribution in [3.8, 4) is 0 Å². The molecule has 0 aliphatic carbocycles. The molecule has 0 aliphatic heterocycles. The van der Waals surface area contributed by atoms with E-state index >= 15 is 0 Å². The molecule has 0 unspecified atom stereocenters. The van der Waals surface area contributed by atoms with E-state index in [4.69, 9.17) is 4.74 Å². The van der Waals surface area contributed by atoms with Gasteiger partial charge in [0.15, 0.2) is 5.13 Å². The van der Waals surface area contributed by atoms with Gasteiger partial charge in [0.25, 0.3) is 0 Å². The Morgan fingerprint density at radius 2 is 1.96 bits per heavy atom. The molecule has 0 saturated carbocycles. The molecular formula is C20H20N2O3S2. The molecule has 0 N–H and O–H groups in total. The van der Waals surface area contributed by atoms with E-state index in [0.717, 1.165) is 21.0 Å². The average Bonchev–Trinajstić information content (AvgIpc) is 3.19. The third-order valence-corrected chi connectivity index (χ3v) is 5.76. The van der Waals surface area contributed by atoms with Crippen molar-refractivity contribution in [1.82, 2.24) is 4.98 Å². The third kappa shape index (κ3) is 4.43. The normalized spacial score (nSPS) is 10.7. The summed E-state index contributed by atoms with van der Waals surface area (Å²) >= 11 is 2.92. The summed E-state index contributed by atoms with van der Waals surface area (Å²) in [4.78, 5) is 32.5. The van der Waals surface area contributed by atoms with Crippen molar-refractivity contribution in [3.05, 3.63) is 62.3 Å². The standard InChI is InChI=1S/C20H20N2O3S2/c1-12-6-5-7-17(8-12)22(15(4)23)20-21-16(11-26-20)10-25-19(24)18-9-13(2)27-14(18)3/h5-9,11H,10H2,1-4H3. The molecule has 1 amide bonds. The summed E-state index contributed by atoms with van der Waals surface area (Å²) in [5, 5.41) is 2.36. The Hall–Kier alpha value is -2.51. The van der Waals surface area contributed by atoms with Gasteiger partial charge < -0.3 is 4.74 Å². The molecule has 5 nitrogen and oxygen atoms in total. The Morgan fingerprint density at radius 3 is 2.59 bits per heavy atom. The van der Waals surface area contributed by atoms with E-state index in [2.05, 4.69) is 4.98 Å². The van der Waals surface area contributed by atoms with Crippen LogP contribution in [0, 0.1) is 20.8 Å². The van der Waals surface area contributed by atoms with Crippen LogP contribution in [0.5, 0.6) is 0 Å². The molecule has 7 heteroatoms. The van der Waals surface area contributed by atoms with E-state index in [0.29, 0.717) is 16.4 Å². The number of anilines is 2. The SMILES string of the molecule is CC(=O)N(c1cccc(C)c1)c1nc(COC(=O)c2cc(C)sc2C)cs1. The molecule has 0 atom stereocenters. The molecule has 0 spiro atoms. The predicted octanol–water partition coefficient (Wildman–Crippen LogP) is 5.17. The Labute approximate surface area is 166 Å². The number of esters is 1. The Kier molecular flexibility index (Phi) is 5.72. The number of nitrogens with zero attached hydrogens (tertiary/aromatic N) is 2. The maximum atomic E-state index is 12.3. The molecule has 140 valence electrons. The van der Waals surface area contributed by atoms with Crippen molar-refractivity contribution in [2.75, 3.05) is 4.90 Å². The van der Waals surface area contributed by atoms with Gasteiger partial charge in [-0.2, -0.15) is 0 Å². The van der Waals surface area contributed by atoms with Crippen LogP contribution in [0.1, 0.15) is 38.3 Å². The van der Waals surface area contributed by atoms with Crippen molar-refractivity contribution in [2.45, 2.75) is 34.3 Å². The molecule has 3 rings (SSSR count). The maximum absolute atomic E-state index is 12.3. The first-order valence-corrected chi connectivity index (χ1v) is 10.1. The highest BCUT2D eigenvalue weighted by atomic mass is 32.1. The largest absolute Gasteiger partial charge is 0.456 e. The van der Waals surface area contributed by atoms with Gasteiger partial charge in [-0.05, 0) is 44.5 Å². The number of aryl methyl sites for hydroxylation is 3. The molecule has 3 aromatic rings. The lowest BCUT2D eigenvalue weighted by molar-refractivity contribution is -0.115. The fraction of sp³-hybridized carbons (Fsp3) is 0.250. The quantitative estimate of drug-likeness (QED) is 0.554. The number of carbonyl (C=O) groups excluding carboxylic acids is 2. The van der Waals surface area contributed by atoms with Crippen molar-refractivity contribution < 1.29 is 14.3 Å². The summed E-state index contributed by atoms with van der Waals surface area (Å²) in [6, 6.07) is 9.52. The monoisotopic (exact) mass is 400 g/mol. The summed E-state index contributed by atoms with van der Waals surface area (Å²) in [5.74, 6) is -0.476. The van der Waals surface area contributed by atoms with Crippen LogP contribution in [-0.4, -0.2) is 16.9 Å². The number of aromatic nitrogens is 1. The Bertz CT molecular complexity index is 991. The fourth-order valence-electron chi connectivity index (χ4n) is 2.71. The molecule has 2 heterocycles. The summed E-state index contributed by atoms with van der Waals surface area (Å²) < 4.78 is 5.40. The zero-order valence-electron chi connectivity index (χ0n) is 15.6. The number of hydrogen-bond acceptors (Lipinski definition) is 6. The lowest BCUT2D eigenvalue weighted by Gasteiger charge is -2.18. The molecule has 0 fully saturated rings. The first kappa shape index (κ1) is 19.3. The molecule has 0 saturated heterocycles. The van der Waals surface area contributed by atoms with Gasteiger partial charge in [-0.25, -0.2) is 9.78 Å². The van der Waals surface area contributed by atoms with Crippen LogP contribution in [0.15, 0.2) is 35.7 Å². The zero-order chi connectivity index (χ0) is 19.6. The minimum atomic E-state index is -0.353. The van der Waals surface area contributed by atoms with E-state index in [1.807, 2.05) is 51.1 Å². The number of benzene rings is 1. The summed E-state index contributed by atoms with van der Waals surface area (Å²) in [7, 11) is 0. The lowest BCUT2D eigenvalue weighted by atomic mass is 10.2. The van der Waals surface area contributed by atoms with Crippen molar-refractivity contribution in [1.29, 1.82) is 0 Å². The van der Waals surface area contributed by atoms with Crippen LogP contribution < -0.4 is 4.90 Å². The molecule has 1 aromatic carbocycles. The minimum absolute atomic E-state index is 0.0726. The fourth-order valence-corrected chi connectivity index (χ4v) is 4.49. The molecule has 0 bridgehead atoms. The smallest absolute Gasteiger partial charge is 0.339 e. The van der Waals surface area contributed by atoms with Gasteiger partial charge in [0.05, 0.1) is 16.9 Å². The van der Waals surface area contributed by atoms with E-state index in [9.17, 15) is 9.59 Å². The van der Waals surface area contributed by atoms with E-state index in [1.165, 1.54) is 18.3 Å². The number of hydrogen-bond donors (Lipinski definition) is 0. The molecule has 0 aliphatic rings. The number of thiophene rings is 1. The second-order valence-corrected chi connectivity index (χ2v) is 8.51. The van der Waals surface area contributed by atoms with Crippen LogP contribution in [0.3, 0.4) is 0 Å². The van der Waals surface area contributed by atoms with Crippen molar-refractivity contribution >= 4 is 45.4 Å². The number of thiazole rings is 1. The highest BCUT2D eigenvalue weighted by Crippen LogP contribution is 2.30. The molecule has 2 aromatic heterocycles. The van der Waals surface area contributed by atoms with Crippen molar-refractivity contribution in [3.63, 3.8) is 0 Å². The van der Waals surface area contributed by atoms with Crippen LogP contribution in [0.4, 0.5) is 10.8 Å². The predicted molar refractivity (Wildman–Crippen MR) is 109 cm³/mol. The second-order valence-electron chi connectivity index (χ2n) is 6.22. The third-order valence-electron chi connectivity index (χ3n) is 3.92. The summed E-state index contributed by atoms with van der Waals surface area (Å²) in [6.45, 7) is 7.42. The highest BCUT2D eigenvalue weighted by molar-refractivity contribution is 7.14. The van der Waals surface area contributed by atoms with Gasteiger partial charge in [0, 0.05) is 22.1 Å². The van der Waals surface area contributed by atoms with E-state index in [-0.39, 0.29) is 18.5 Å². The van der Waals surface area contributed by atoms with Crippen LogP contribution in [0.2, 0.25) is 0 Å². The number of ether oxygens (including phenoxy) is 1. The number of amides is 1. The van der Waals surface area contributed by atoms with E-state index in [1.54, 1.807) is 21.6 Å². The zero-order valence-corrected chi connectivity index (χ0v) is 17.2. The summed E-state index contributed by atoms with van der Waals surface area (Å²) in [5.41, 5.74) is 3.04. The topological polar surface area (TPSA) is 59.5 Å². The molecular weight excluding hydrogens is 380 g/mol.